The second-order valence-corrected chi connectivity index (χ2v) is 14.1. The molecule has 3 aliphatic rings. The quantitative estimate of drug-likeness (QED) is 0.159. The number of cyclic esters (lactones) is 1. The molecule has 1 amide bonds. The molecular formula is C38H57N3O6. The Morgan fingerprint density at radius 2 is 1.85 bits per heavy atom. The predicted octanol–water partition coefficient (Wildman–Crippen LogP) is 6.32. The molecule has 6 atom stereocenters. The lowest BCUT2D eigenvalue weighted by Gasteiger charge is -2.34. The molecule has 260 valence electrons. The van der Waals surface area contributed by atoms with Gasteiger partial charge >= 0.3 is 12.1 Å². The van der Waals surface area contributed by atoms with E-state index in [0.29, 0.717) is 19.1 Å². The SMILES string of the molecule is C/C(=C\C=C\[C@H](C)c1ccccn1)[C@H]1OC(=O)C[C@@H](O)CC[C@](C)(O)[C@@H](OC(=O)N2CCCN(C3CCCCCC3)CC2)/C=C\[C@@H]1C. The molecule has 3 heterocycles. The van der Waals surface area contributed by atoms with Gasteiger partial charge in [-0.25, -0.2) is 4.79 Å². The molecule has 0 aromatic carbocycles. The zero-order valence-electron chi connectivity index (χ0n) is 28.9. The van der Waals surface area contributed by atoms with Gasteiger partial charge in [-0.05, 0) is 69.7 Å². The van der Waals surface area contributed by atoms with Crippen molar-refractivity contribution in [3.05, 3.63) is 66.0 Å². The summed E-state index contributed by atoms with van der Waals surface area (Å²) in [4.78, 5) is 35.2. The summed E-state index contributed by atoms with van der Waals surface area (Å²) in [7, 11) is 0. The second kappa shape index (κ2) is 17.9. The van der Waals surface area contributed by atoms with E-state index >= 15 is 0 Å². The number of hydrogen-bond acceptors (Lipinski definition) is 8. The van der Waals surface area contributed by atoms with E-state index in [-0.39, 0.29) is 31.1 Å². The van der Waals surface area contributed by atoms with Crippen molar-refractivity contribution in [1.29, 1.82) is 0 Å². The minimum Gasteiger partial charge on any atom is -0.457 e. The Bertz CT molecular complexity index is 1220. The average Bonchev–Trinajstić information content (AvgIpc) is 3.48. The first kappa shape index (κ1) is 36.8. The maximum Gasteiger partial charge on any atom is 0.410 e. The molecule has 1 saturated heterocycles. The number of ether oxygens (including phenoxy) is 2. The number of esters is 1. The molecular weight excluding hydrogens is 594 g/mol. The van der Waals surface area contributed by atoms with Gasteiger partial charge in [0, 0.05) is 55.9 Å². The van der Waals surface area contributed by atoms with Crippen LogP contribution in [0.25, 0.3) is 0 Å². The molecule has 2 fully saturated rings. The van der Waals surface area contributed by atoms with Crippen LogP contribution in [0.15, 0.2) is 60.3 Å². The maximum atomic E-state index is 13.6. The fourth-order valence-corrected chi connectivity index (χ4v) is 6.95. The molecule has 0 unspecified atom stereocenters. The number of nitrogens with zero attached hydrogens (tertiary/aromatic N) is 3. The zero-order chi connectivity index (χ0) is 33.8. The van der Waals surface area contributed by atoms with E-state index < -0.39 is 36.0 Å². The van der Waals surface area contributed by atoms with Crippen LogP contribution in [-0.2, 0) is 14.3 Å². The second-order valence-electron chi connectivity index (χ2n) is 14.1. The zero-order valence-corrected chi connectivity index (χ0v) is 28.9. The third-order valence-corrected chi connectivity index (χ3v) is 10.0. The van der Waals surface area contributed by atoms with Gasteiger partial charge in [0.15, 0.2) is 6.10 Å². The van der Waals surface area contributed by atoms with Crippen LogP contribution in [0.1, 0.15) is 104 Å². The Morgan fingerprint density at radius 1 is 1.09 bits per heavy atom. The van der Waals surface area contributed by atoms with Crippen molar-refractivity contribution in [2.24, 2.45) is 5.92 Å². The summed E-state index contributed by atoms with van der Waals surface area (Å²) >= 11 is 0. The van der Waals surface area contributed by atoms with Gasteiger partial charge in [0.2, 0.25) is 0 Å². The van der Waals surface area contributed by atoms with Gasteiger partial charge in [0.05, 0.1) is 12.5 Å². The topological polar surface area (TPSA) is 112 Å². The van der Waals surface area contributed by atoms with Crippen molar-refractivity contribution in [2.45, 2.75) is 128 Å². The number of aromatic nitrogens is 1. The van der Waals surface area contributed by atoms with E-state index in [9.17, 15) is 19.8 Å². The first-order valence-corrected chi connectivity index (χ1v) is 17.8. The molecule has 1 aliphatic carbocycles. The Morgan fingerprint density at radius 3 is 2.57 bits per heavy atom. The van der Waals surface area contributed by atoms with Crippen LogP contribution in [0.5, 0.6) is 0 Å². The first-order valence-electron chi connectivity index (χ1n) is 17.8. The highest BCUT2D eigenvalue weighted by atomic mass is 16.6. The molecule has 9 heteroatoms. The molecule has 1 aromatic rings. The van der Waals surface area contributed by atoms with Crippen LogP contribution >= 0.6 is 0 Å². The Hall–Kier alpha value is -3.01. The average molecular weight is 652 g/mol. The van der Waals surface area contributed by atoms with E-state index in [1.807, 2.05) is 56.4 Å². The van der Waals surface area contributed by atoms with Crippen molar-refractivity contribution in [3.63, 3.8) is 0 Å². The number of allylic oxidation sites excluding steroid dienone is 3. The van der Waals surface area contributed by atoms with Crippen LogP contribution in [-0.4, -0.2) is 93.2 Å². The van der Waals surface area contributed by atoms with Crippen LogP contribution in [0.3, 0.4) is 0 Å². The van der Waals surface area contributed by atoms with Gasteiger partial charge in [0.25, 0.3) is 0 Å². The van der Waals surface area contributed by atoms with Gasteiger partial charge < -0.3 is 24.6 Å². The number of pyridine rings is 1. The lowest BCUT2D eigenvalue weighted by molar-refractivity contribution is -0.151. The number of aliphatic hydroxyl groups excluding tert-OH is 1. The van der Waals surface area contributed by atoms with E-state index in [0.717, 1.165) is 30.8 Å². The maximum absolute atomic E-state index is 13.6. The summed E-state index contributed by atoms with van der Waals surface area (Å²) in [6.45, 7) is 10.6. The smallest absolute Gasteiger partial charge is 0.410 e. The normalized spacial score (nSPS) is 31.1. The Labute approximate surface area is 281 Å². The molecule has 0 spiro atoms. The largest absolute Gasteiger partial charge is 0.457 e. The number of carbonyl (C=O) groups is 2. The lowest BCUT2D eigenvalue weighted by Crippen LogP contribution is -2.46. The first-order chi connectivity index (χ1) is 22.5. The van der Waals surface area contributed by atoms with Gasteiger partial charge in [0.1, 0.15) is 11.7 Å². The summed E-state index contributed by atoms with van der Waals surface area (Å²) in [5.74, 6) is -0.686. The monoisotopic (exact) mass is 651 g/mol. The van der Waals surface area contributed by atoms with Crippen LogP contribution in [0.2, 0.25) is 0 Å². The summed E-state index contributed by atoms with van der Waals surface area (Å²) in [5.41, 5.74) is 0.343. The lowest BCUT2D eigenvalue weighted by atomic mass is 9.88. The molecule has 2 aliphatic heterocycles. The summed E-state index contributed by atoms with van der Waals surface area (Å²) in [5, 5.41) is 22.2. The number of amides is 1. The van der Waals surface area contributed by atoms with Crippen molar-refractivity contribution < 1.29 is 29.3 Å². The van der Waals surface area contributed by atoms with Crippen molar-refractivity contribution in [2.75, 3.05) is 26.2 Å². The van der Waals surface area contributed by atoms with Crippen molar-refractivity contribution >= 4 is 12.1 Å². The molecule has 0 radical (unpaired) electrons. The third-order valence-electron chi connectivity index (χ3n) is 10.0. The van der Waals surface area contributed by atoms with Gasteiger partial charge in [-0.15, -0.1) is 0 Å². The van der Waals surface area contributed by atoms with E-state index in [1.54, 1.807) is 24.1 Å². The molecule has 1 aromatic heterocycles. The van der Waals surface area contributed by atoms with Gasteiger partial charge in [-0.2, -0.15) is 0 Å². The number of carbonyl (C=O) groups excluding carboxylic acids is 2. The van der Waals surface area contributed by atoms with Crippen LogP contribution < -0.4 is 0 Å². The molecule has 4 rings (SSSR count). The minimum absolute atomic E-state index is 0.105. The minimum atomic E-state index is -1.45. The predicted molar refractivity (Wildman–Crippen MR) is 184 cm³/mol. The third kappa shape index (κ3) is 11.3. The van der Waals surface area contributed by atoms with Crippen molar-refractivity contribution in [1.82, 2.24) is 14.8 Å². The van der Waals surface area contributed by atoms with Gasteiger partial charge in [-0.1, -0.05) is 69.9 Å². The molecule has 1 saturated carbocycles. The molecule has 2 N–H and O–H groups in total. The standard InChI is InChI=1S/C38H57N3O6/c1-28(33-17-9-10-22-39-33)13-11-14-29(2)36-30(3)18-19-34(38(4,45)21-20-32(42)27-35(43)47-36)46-37(44)41-24-12-23-40(25-26-41)31-15-7-5-6-8-16-31/h9-11,13-14,17-19,22,28,30-32,34,36,42,45H,5-8,12,15-16,20-21,23-27H2,1-4H3/b13-11+,19-18-,29-14+/t28-,30-,32-,34-,36+,38-/m0/s1. The van der Waals surface area contributed by atoms with Crippen LogP contribution in [0, 0.1) is 5.92 Å². The highest BCUT2D eigenvalue weighted by Gasteiger charge is 2.37. The summed E-state index contributed by atoms with van der Waals surface area (Å²) < 4.78 is 12.0. The van der Waals surface area contributed by atoms with E-state index in [4.69, 9.17) is 9.47 Å². The summed E-state index contributed by atoms with van der Waals surface area (Å²) in [6.07, 6.45) is 16.9. The molecule has 0 bridgehead atoms. The Kier molecular flexibility index (Phi) is 14.1. The van der Waals surface area contributed by atoms with E-state index in [1.165, 1.54) is 38.5 Å². The van der Waals surface area contributed by atoms with Gasteiger partial charge in [-0.3, -0.25) is 14.7 Å². The number of hydrogen-bond donors (Lipinski definition) is 2. The highest BCUT2D eigenvalue weighted by molar-refractivity contribution is 5.70. The number of rotatable bonds is 6. The van der Waals surface area contributed by atoms with Crippen LogP contribution in [0.4, 0.5) is 4.79 Å². The fraction of sp³-hybridized carbons (Fsp3) is 0.658. The van der Waals surface area contributed by atoms with Crippen molar-refractivity contribution in [3.8, 4) is 0 Å². The number of aliphatic hydroxyl groups is 2. The Balaban J connectivity index is 1.47. The molecule has 9 nitrogen and oxygen atoms in total. The molecule has 47 heavy (non-hydrogen) atoms. The van der Waals surface area contributed by atoms with E-state index in [2.05, 4.69) is 16.8 Å². The summed E-state index contributed by atoms with van der Waals surface area (Å²) in [6, 6.07) is 6.43. The highest BCUT2D eigenvalue weighted by Crippen LogP contribution is 2.28. The fourth-order valence-electron chi connectivity index (χ4n) is 6.95.